The first-order chi connectivity index (χ1) is 9.41. The zero-order valence-electron chi connectivity index (χ0n) is 13.2. The topological polar surface area (TPSA) is 16.1 Å². The van der Waals surface area contributed by atoms with Gasteiger partial charge in [-0.2, -0.15) is 0 Å². The summed E-state index contributed by atoms with van der Waals surface area (Å²) >= 11 is 6.05. The Labute approximate surface area is 128 Å². The van der Waals surface area contributed by atoms with Gasteiger partial charge in [-0.25, -0.2) is 4.98 Å². The first-order valence-electron chi connectivity index (χ1n) is 7.73. The minimum atomic E-state index is 0.445. The third-order valence-electron chi connectivity index (χ3n) is 4.30. The Hall–Kier alpha value is -0.760. The van der Waals surface area contributed by atoms with E-state index in [1.807, 2.05) is 0 Å². The van der Waals surface area contributed by atoms with Crippen molar-refractivity contribution in [1.29, 1.82) is 0 Å². The van der Waals surface area contributed by atoms with Crippen molar-refractivity contribution in [1.82, 2.24) is 4.98 Å². The lowest BCUT2D eigenvalue weighted by Crippen LogP contribution is -2.26. The summed E-state index contributed by atoms with van der Waals surface area (Å²) in [6.45, 7) is 11.3. The van der Waals surface area contributed by atoms with Crippen LogP contribution in [-0.2, 0) is 5.88 Å². The Bertz CT molecular complexity index is 454. The Balaban J connectivity index is 2.25. The summed E-state index contributed by atoms with van der Waals surface area (Å²) in [5.74, 6) is 2.12. The number of hydrogen-bond acceptors (Lipinski definition) is 2. The molecule has 0 spiro atoms. The molecule has 1 aliphatic heterocycles. The van der Waals surface area contributed by atoms with Crippen LogP contribution in [0.25, 0.3) is 0 Å². The van der Waals surface area contributed by atoms with Crippen molar-refractivity contribution in [3.05, 3.63) is 23.4 Å². The normalized spacial score (nSPS) is 19.2. The first-order valence-corrected chi connectivity index (χ1v) is 8.26. The number of aromatic nitrogens is 1. The number of alkyl halides is 1. The standard InChI is InChI=1S/C17H27ClN2/c1-13(2)15-10-14(12-18)11-16(19-15)20-8-5-6-17(3,4)7-9-20/h10-11,13H,5-9,12H2,1-4H3. The highest BCUT2D eigenvalue weighted by molar-refractivity contribution is 6.17. The van der Waals surface area contributed by atoms with Crippen LogP contribution in [0.15, 0.2) is 12.1 Å². The second-order valence-corrected chi connectivity index (χ2v) is 7.32. The zero-order chi connectivity index (χ0) is 14.8. The van der Waals surface area contributed by atoms with Gasteiger partial charge >= 0.3 is 0 Å². The largest absolute Gasteiger partial charge is 0.357 e. The molecule has 2 rings (SSSR count). The predicted octanol–water partition coefficient (Wildman–Crippen LogP) is 4.96. The van der Waals surface area contributed by atoms with Crippen molar-refractivity contribution in [2.75, 3.05) is 18.0 Å². The number of rotatable bonds is 3. The third-order valence-corrected chi connectivity index (χ3v) is 4.61. The van der Waals surface area contributed by atoms with Gasteiger partial charge in [-0.1, -0.05) is 27.7 Å². The molecular weight excluding hydrogens is 268 g/mol. The highest BCUT2D eigenvalue weighted by atomic mass is 35.5. The average Bonchev–Trinajstić information content (AvgIpc) is 2.59. The quantitative estimate of drug-likeness (QED) is 0.733. The van der Waals surface area contributed by atoms with Crippen LogP contribution >= 0.6 is 11.6 Å². The summed E-state index contributed by atoms with van der Waals surface area (Å²) in [6.07, 6.45) is 3.78. The molecule has 0 N–H and O–H groups in total. The highest BCUT2D eigenvalue weighted by Crippen LogP contribution is 2.32. The lowest BCUT2D eigenvalue weighted by atomic mass is 9.85. The maximum Gasteiger partial charge on any atom is 0.129 e. The van der Waals surface area contributed by atoms with Gasteiger partial charge in [0.2, 0.25) is 0 Å². The summed E-state index contributed by atoms with van der Waals surface area (Å²) < 4.78 is 0. The molecule has 1 aromatic heterocycles. The van der Waals surface area contributed by atoms with Crippen molar-refractivity contribution < 1.29 is 0 Å². The van der Waals surface area contributed by atoms with Crippen LogP contribution in [0.1, 0.15) is 64.1 Å². The van der Waals surface area contributed by atoms with E-state index in [1.165, 1.54) is 24.8 Å². The molecule has 0 amide bonds. The molecule has 1 saturated heterocycles. The molecule has 3 heteroatoms. The summed E-state index contributed by atoms with van der Waals surface area (Å²) in [5, 5.41) is 0. The number of halogens is 1. The minimum absolute atomic E-state index is 0.445. The van der Waals surface area contributed by atoms with E-state index >= 15 is 0 Å². The van der Waals surface area contributed by atoms with Crippen LogP contribution in [-0.4, -0.2) is 18.1 Å². The van der Waals surface area contributed by atoms with E-state index < -0.39 is 0 Å². The van der Waals surface area contributed by atoms with E-state index in [4.69, 9.17) is 16.6 Å². The number of nitrogens with zero attached hydrogens (tertiary/aromatic N) is 2. The summed E-state index contributed by atoms with van der Waals surface area (Å²) in [6, 6.07) is 4.31. The monoisotopic (exact) mass is 294 g/mol. The molecule has 2 nitrogen and oxygen atoms in total. The Morgan fingerprint density at radius 2 is 2.00 bits per heavy atom. The molecule has 112 valence electrons. The second-order valence-electron chi connectivity index (χ2n) is 7.05. The fourth-order valence-electron chi connectivity index (χ4n) is 2.78. The van der Waals surface area contributed by atoms with Gasteiger partial charge in [0.05, 0.1) is 0 Å². The van der Waals surface area contributed by atoms with Crippen molar-refractivity contribution in [3.63, 3.8) is 0 Å². The van der Waals surface area contributed by atoms with E-state index in [2.05, 4.69) is 44.7 Å². The maximum atomic E-state index is 6.05. The van der Waals surface area contributed by atoms with E-state index in [1.54, 1.807) is 0 Å². The van der Waals surface area contributed by atoms with E-state index in [0.717, 1.165) is 24.6 Å². The minimum Gasteiger partial charge on any atom is -0.357 e. The Morgan fingerprint density at radius 3 is 2.65 bits per heavy atom. The van der Waals surface area contributed by atoms with Gasteiger partial charge in [0.25, 0.3) is 0 Å². The molecule has 1 aliphatic rings. The van der Waals surface area contributed by atoms with Crippen molar-refractivity contribution in [2.45, 2.75) is 58.8 Å². The molecule has 0 unspecified atom stereocenters. The van der Waals surface area contributed by atoms with Gasteiger partial charge < -0.3 is 4.90 Å². The molecule has 2 heterocycles. The van der Waals surface area contributed by atoms with Crippen molar-refractivity contribution in [3.8, 4) is 0 Å². The molecule has 0 bridgehead atoms. The molecular formula is C17H27ClN2. The van der Waals surface area contributed by atoms with Crippen LogP contribution in [0, 0.1) is 5.41 Å². The van der Waals surface area contributed by atoms with Crippen LogP contribution in [0.4, 0.5) is 5.82 Å². The van der Waals surface area contributed by atoms with Gasteiger partial charge in [0.15, 0.2) is 0 Å². The van der Waals surface area contributed by atoms with Gasteiger partial charge in [-0.05, 0) is 48.3 Å². The molecule has 1 aromatic rings. The number of pyridine rings is 1. The third kappa shape index (κ3) is 3.88. The number of hydrogen-bond donors (Lipinski definition) is 0. The molecule has 0 saturated carbocycles. The average molecular weight is 295 g/mol. The van der Waals surface area contributed by atoms with Gasteiger partial charge in [0.1, 0.15) is 5.82 Å². The molecule has 0 aromatic carbocycles. The smallest absolute Gasteiger partial charge is 0.129 e. The maximum absolute atomic E-state index is 6.05. The summed E-state index contributed by atoms with van der Waals surface area (Å²) in [5.41, 5.74) is 2.80. The molecule has 1 fully saturated rings. The molecule has 0 atom stereocenters. The summed E-state index contributed by atoms with van der Waals surface area (Å²) in [4.78, 5) is 7.30. The fraction of sp³-hybridized carbons (Fsp3) is 0.706. The van der Waals surface area contributed by atoms with Crippen molar-refractivity contribution in [2.24, 2.45) is 5.41 Å². The Morgan fingerprint density at radius 1 is 1.25 bits per heavy atom. The predicted molar refractivity (Wildman–Crippen MR) is 87.7 cm³/mol. The fourth-order valence-corrected chi connectivity index (χ4v) is 2.94. The van der Waals surface area contributed by atoms with E-state index in [-0.39, 0.29) is 0 Å². The van der Waals surface area contributed by atoms with Gasteiger partial charge in [0, 0.05) is 24.7 Å². The van der Waals surface area contributed by atoms with Crippen LogP contribution < -0.4 is 4.90 Å². The molecule has 0 radical (unpaired) electrons. The van der Waals surface area contributed by atoms with Gasteiger partial charge in [-0.15, -0.1) is 11.6 Å². The van der Waals surface area contributed by atoms with E-state index in [9.17, 15) is 0 Å². The second kappa shape index (κ2) is 6.34. The summed E-state index contributed by atoms with van der Waals surface area (Å²) in [7, 11) is 0. The lowest BCUT2D eigenvalue weighted by Gasteiger charge is -2.25. The van der Waals surface area contributed by atoms with Gasteiger partial charge in [-0.3, -0.25) is 0 Å². The highest BCUT2D eigenvalue weighted by Gasteiger charge is 2.24. The van der Waals surface area contributed by atoms with Crippen LogP contribution in [0.5, 0.6) is 0 Å². The lowest BCUT2D eigenvalue weighted by molar-refractivity contribution is 0.325. The first kappa shape index (κ1) is 15.6. The van der Waals surface area contributed by atoms with Crippen LogP contribution in [0.3, 0.4) is 0 Å². The molecule has 0 aliphatic carbocycles. The van der Waals surface area contributed by atoms with Crippen LogP contribution in [0.2, 0.25) is 0 Å². The number of anilines is 1. The SMILES string of the molecule is CC(C)c1cc(CCl)cc(N2CCCC(C)(C)CC2)n1. The van der Waals surface area contributed by atoms with Crippen molar-refractivity contribution >= 4 is 17.4 Å². The molecule has 20 heavy (non-hydrogen) atoms. The van der Waals surface area contributed by atoms with E-state index in [0.29, 0.717) is 17.2 Å². The zero-order valence-corrected chi connectivity index (χ0v) is 14.0. The Kier molecular flexibility index (Phi) is 4.95.